The number of anilines is 1. The maximum Gasteiger partial charge on any atom is 0.298 e. The Balaban J connectivity index is 2.41. The summed E-state index contributed by atoms with van der Waals surface area (Å²) in [7, 11) is 0. The molecule has 0 amide bonds. The van der Waals surface area contributed by atoms with E-state index in [1.54, 1.807) is 0 Å². The molecule has 0 bridgehead atoms. The van der Waals surface area contributed by atoms with Crippen molar-refractivity contribution in [2.45, 2.75) is 5.92 Å². The number of benzene rings is 2. The standard InChI is InChI=1S/C13H10F3N/c14-11-5-1-9(2-6-11)13(15,16)10-3-7-12(17)8-4-10/h1-8H,17H2. The minimum atomic E-state index is -3.15. The van der Waals surface area contributed by atoms with Gasteiger partial charge < -0.3 is 5.73 Å². The Kier molecular flexibility index (Phi) is 2.79. The lowest BCUT2D eigenvalue weighted by Gasteiger charge is -2.17. The second-order valence-electron chi connectivity index (χ2n) is 3.70. The summed E-state index contributed by atoms with van der Waals surface area (Å²) in [4.78, 5) is 0. The molecule has 88 valence electrons. The van der Waals surface area contributed by atoms with Gasteiger partial charge in [0.1, 0.15) is 5.82 Å². The summed E-state index contributed by atoms with van der Waals surface area (Å²) in [6.07, 6.45) is 0. The number of hydrogen-bond donors (Lipinski definition) is 1. The highest BCUT2D eigenvalue weighted by molar-refractivity contribution is 5.43. The van der Waals surface area contributed by atoms with E-state index in [0.717, 1.165) is 24.3 Å². The van der Waals surface area contributed by atoms with Crippen LogP contribution in [0, 0.1) is 5.82 Å². The van der Waals surface area contributed by atoms with Crippen molar-refractivity contribution in [2.75, 3.05) is 5.73 Å². The van der Waals surface area contributed by atoms with Crippen LogP contribution in [0.5, 0.6) is 0 Å². The first-order chi connectivity index (χ1) is 8.00. The van der Waals surface area contributed by atoms with Crippen LogP contribution in [0.25, 0.3) is 0 Å². The molecule has 2 rings (SSSR count). The van der Waals surface area contributed by atoms with E-state index in [9.17, 15) is 13.2 Å². The minimum absolute atomic E-state index is 0.168. The summed E-state index contributed by atoms with van der Waals surface area (Å²) in [6.45, 7) is 0. The molecule has 2 N–H and O–H groups in total. The third kappa shape index (κ3) is 2.25. The molecule has 0 aliphatic heterocycles. The van der Waals surface area contributed by atoms with Crippen molar-refractivity contribution >= 4 is 5.69 Å². The Morgan fingerprint density at radius 2 is 1.18 bits per heavy atom. The van der Waals surface area contributed by atoms with Gasteiger partial charge in [-0.2, -0.15) is 8.78 Å². The molecular weight excluding hydrogens is 227 g/mol. The fourth-order valence-electron chi connectivity index (χ4n) is 1.52. The van der Waals surface area contributed by atoms with Gasteiger partial charge in [-0.3, -0.25) is 0 Å². The topological polar surface area (TPSA) is 26.0 Å². The number of nitrogen functional groups attached to an aromatic ring is 1. The summed E-state index contributed by atoms with van der Waals surface area (Å²) in [5.41, 5.74) is 5.44. The van der Waals surface area contributed by atoms with Crippen LogP contribution in [-0.2, 0) is 5.92 Å². The molecule has 1 nitrogen and oxygen atoms in total. The summed E-state index contributed by atoms with van der Waals surface area (Å²) >= 11 is 0. The highest BCUT2D eigenvalue weighted by atomic mass is 19.3. The van der Waals surface area contributed by atoms with Gasteiger partial charge in [-0.25, -0.2) is 4.39 Å². The summed E-state index contributed by atoms with van der Waals surface area (Å²) in [5.74, 6) is -3.69. The van der Waals surface area contributed by atoms with E-state index in [4.69, 9.17) is 5.73 Å². The largest absolute Gasteiger partial charge is 0.399 e. The van der Waals surface area contributed by atoms with Crippen molar-refractivity contribution in [3.05, 3.63) is 65.5 Å². The second kappa shape index (κ2) is 4.13. The molecular formula is C13H10F3N. The zero-order valence-corrected chi connectivity index (χ0v) is 8.83. The van der Waals surface area contributed by atoms with E-state index in [-0.39, 0.29) is 11.1 Å². The Morgan fingerprint density at radius 1 is 0.765 bits per heavy atom. The van der Waals surface area contributed by atoms with E-state index >= 15 is 0 Å². The fraction of sp³-hybridized carbons (Fsp3) is 0.0769. The number of nitrogens with two attached hydrogens (primary N) is 1. The quantitative estimate of drug-likeness (QED) is 0.794. The molecule has 2 aromatic rings. The van der Waals surface area contributed by atoms with E-state index < -0.39 is 11.7 Å². The minimum Gasteiger partial charge on any atom is -0.399 e. The van der Waals surface area contributed by atoms with Gasteiger partial charge in [-0.1, -0.05) is 12.1 Å². The summed E-state index contributed by atoms with van der Waals surface area (Å²) in [6, 6.07) is 9.52. The van der Waals surface area contributed by atoms with E-state index in [1.165, 1.54) is 24.3 Å². The normalized spacial score (nSPS) is 11.5. The van der Waals surface area contributed by atoms with Crippen molar-refractivity contribution in [2.24, 2.45) is 0 Å². The van der Waals surface area contributed by atoms with Gasteiger partial charge in [0.05, 0.1) is 0 Å². The molecule has 0 atom stereocenters. The maximum atomic E-state index is 14.0. The van der Waals surface area contributed by atoms with Crippen LogP contribution in [0.4, 0.5) is 18.9 Å². The van der Waals surface area contributed by atoms with E-state index in [0.29, 0.717) is 5.69 Å². The molecule has 0 aliphatic rings. The Bertz CT molecular complexity index is 456. The summed E-state index contributed by atoms with van der Waals surface area (Å²) in [5, 5.41) is 0. The summed E-state index contributed by atoms with van der Waals surface area (Å²) < 4.78 is 40.6. The zero-order valence-electron chi connectivity index (χ0n) is 8.83. The Hall–Kier alpha value is -1.97. The molecule has 0 spiro atoms. The van der Waals surface area contributed by atoms with Gasteiger partial charge in [0.15, 0.2) is 0 Å². The van der Waals surface area contributed by atoms with Gasteiger partial charge in [0.2, 0.25) is 0 Å². The van der Waals surface area contributed by atoms with Gasteiger partial charge in [0.25, 0.3) is 5.92 Å². The highest BCUT2D eigenvalue weighted by Gasteiger charge is 2.33. The third-order valence-corrected chi connectivity index (χ3v) is 2.48. The van der Waals surface area contributed by atoms with Gasteiger partial charge in [-0.05, 0) is 36.4 Å². The molecule has 2 aromatic carbocycles. The number of hydrogen-bond acceptors (Lipinski definition) is 1. The van der Waals surface area contributed by atoms with Gasteiger partial charge in [-0.15, -0.1) is 0 Å². The van der Waals surface area contributed by atoms with Crippen LogP contribution in [0.3, 0.4) is 0 Å². The lowest BCUT2D eigenvalue weighted by molar-refractivity contribution is 0.0428. The van der Waals surface area contributed by atoms with Crippen LogP contribution in [-0.4, -0.2) is 0 Å². The van der Waals surface area contributed by atoms with Gasteiger partial charge in [0, 0.05) is 16.8 Å². The molecule has 0 radical (unpaired) electrons. The molecule has 0 fully saturated rings. The highest BCUT2D eigenvalue weighted by Crippen LogP contribution is 2.35. The lowest BCUT2D eigenvalue weighted by Crippen LogP contribution is -2.15. The van der Waals surface area contributed by atoms with Crippen LogP contribution in [0.1, 0.15) is 11.1 Å². The maximum absolute atomic E-state index is 14.0. The molecule has 0 aliphatic carbocycles. The predicted molar refractivity (Wildman–Crippen MR) is 60.3 cm³/mol. The Labute approximate surface area is 96.7 Å². The van der Waals surface area contributed by atoms with Crippen molar-refractivity contribution in [3.8, 4) is 0 Å². The van der Waals surface area contributed by atoms with Crippen LogP contribution >= 0.6 is 0 Å². The van der Waals surface area contributed by atoms with Crippen LogP contribution in [0.2, 0.25) is 0 Å². The average molecular weight is 237 g/mol. The van der Waals surface area contributed by atoms with Crippen LogP contribution < -0.4 is 5.73 Å². The molecule has 0 saturated carbocycles. The fourth-order valence-corrected chi connectivity index (χ4v) is 1.52. The molecule has 0 aromatic heterocycles. The predicted octanol–water partition coefficient (Wildman–Crippen LogP) is 3.55. The first-order valence-electron chi connectivity index (χ1n) is 5.00. The third-order valence-electron chi connectivity index (χ3n) is 2.48. The average Bonchev–Trinajstić information content (AvgIpc) is 2.30. The molecule has 4 heteroatoms. The molecule has 0 unspecified atom stereocenters. The second-order valence-corrected chi connectivity index (χ2v) is 3.70. The van der Waals surface area contributed by atoms with Crippen molar-refractivity contribution in [1.82, 2.24) is 0 Å². The van der Waals surface area contributed by atoms with E-state index in [2.05, 4.69) is 0 Å². The zero-order chi connectivity index (χ0) is 12.5. The lowest BCUT2D eigenvalue weighted by atomic mass is 10.0. The van der Waals surface area contributed by atoms with Crippen molar-refractivity contribution < 1.29 is 13.2 Å². The van der Waals surface area contributed by atoms with Crippen LogP contribution in [0.15, 0.2) is 48.5 Å². The number of alkyl halides is 2. The SMILES string of the molecule is Nc1ccc(C(F)(F)c2ccc(F)cc2)cc1. The van der Waals surface area contributed by atoms with Crippen molar-refractivity contribution in [1.29, 1.82) is 0 Å². The first-order valence-corrected chi connectivity index (χ1v) is 5.00. The molecule has 17 heavy (non-hydrogen) atoms. The number of halogens is 3. The Morgan fingerprint density at radius 3 is 1.65 bits per heavy atom. The molecule has 0 saturated heterocycles. The number of rotatable bonds is 2. The van der Waals surface area contributed by atoms with Crippen molar-refractivity contribution in [3.63, 3.8) is 0 Å². The first kappa shape index (κ1) is 11.5. The molecule has 0 heterocycles. The smallest absolute Gasteiger partial charge is 0.298 e. The van der Waals surface area contributed by atoms with E-state index in [1.807, 2.05) is 0 Å². The van der Waals surface area contributed by atoms with Gasteiger partial charge >= 0.3 is 0 Å². The monoisotopic (exact) mass is 237 g/mol.